The van der Waals surface area contributed by atoms with Crippen molar-refractivity contribution in [3.63, 3.8) is 0 Å². The SMILES string of the molecule is C/C=C(\C=C(/C)F)C(/C)=C/C=C(/C)C=C(C)C. The minimum Gasteiger partial charge on any atom is -0.212 e. The summed E-state index contributed by atoms with van der Waals surface area (Å²) < 4.78 is 12.8. The van der Waals surface area contributed by atoms with Crippen LogP contribution in [0.4, 0.5) is 4.39 Å². The molecule has 17 heavy (non-hydrogen) atoms. The average molecular weight is 234 g/mol. The topological polar surface area (TPSA) is 0 Å². The van der Waals surface area contributed by atoms with Crippen molar-refractivity contribution in [3.8, 4) is 0 Å². The maximum absolute atomic E-state index is 12.8. The lowest BCUT2D eigenvalue weighted by Crippen LogP contribution is -1.82. The Balaban J connectivity index is 4.99. The molecule has 0 saturated heterocycles. The molecule has 0 spiro atoms. The van der Waals surface area contributed by atoms with Crippen LogP contribution >= 0.6 is 0 Å². The van der Waals surface area contributed by atoms with Gasteiger partial charge in [-0.15, -0.1) is 0 Å². The molecule has 0 aliphatic heterocycles. The molecular weight excluding hydrogens is 211 g/mol. The van der Waals surface area contributed by atoms with Gasteiger partial charge in [-0.1, -0.05) is 35.5 Å². The largest absolute Gasteiger partial charge is 0.212 e. The summed E-state index contributed by atoms with van der Waals surface area (Å²) in [5, 5.41) is 0. The average Bonchev–Trinajstić information content (AvgIpc) is 2.21. The summed E-state index contributed by atoms with van der Waals surface area (Å²) in [6.45, 7) is 11.6. The molecule has 0 fully saturated rings. The molecule has 0 N–H and O–H groups in total. The standard InChI is InChI=1S/C16H23F/c1-7-16(11-15(6)17)14(5)9-8-13(4)10-12(2)3/h7-11H,1-6H3/b13-8-,14-9+,15-11+,16-7+. The van der Waals surface area contributed by atoms with E-state index in [1.54, 1.807) is 6.08 Å². The summed E-state index contributed by atoms with van der Waals surface area (Å²) in [5.41, 5.74) is 4.45. The lowest BCUT2D eigenvalue weighted by Gasteiger charge is -2.01. The first-order valence-corrected chi connectivity index (χ1v) is 5.87. The van der Waals surface area contributed by atoms with Gasteiger partial charge in [0.05, 0.1) is 5.83 Å². The van der Waals surface area contributed by atoms with Gasteiger partial charge in [0.15, 0.2) is 0 Å². The van der Waals surface area contributed by atoms with Crippen molar-refractivity contribution in [1.29, 1.82) is 0 Å². The summed E-state index contributed by atoms with van der Waals surface area (Å²) in [5.74, 6) is -0.171. The Hall–Kier alpha value is -1.37. The third kappa shape index (κ3) is 7.51. The second-order valence-corrected chi connectivity index (χ2v) is 4.46. The van der Waals surface area contributed by atoms with E-state index in [0.717, 1.165) is 11.1 Å². The molecule has 0 amide bonds. The lowest BCUT2D eigenvalue weighted by atomic mass is 10.1. The van der Waals surface area contributed by atoms with Crippen molar-refractivity contribution in [3.05, 3.63) is 58.5 Å². The quantitative estimate of drug-likeness (QED) is 0.550. The molecule has 94 valence electrons. The van der Waals surface area contributed by atoms with Crippen LogP contribution in [0.25, 0.3) is 0 Å². The predicted molar refractivity (Wildman–Crippen MR) is 75.6 cm³/mol. The van der Waals surface area contributed by atoms with E-state index in [1.165, 1.54) is 18.1 Å². The Morgan fingerprint density at radius 2 is 1.47 bits per heavy atom. The van der Waals surface area contributed by atoms with Gasteiger partial charge in [-0.2, -0.15) is 0 Å². The minimum atomic E-state index is -0.171. The lowest BCUT2D eigenvalue weighted by molar-refractivity contribution is 0.639. The van der Waals surface area contributed by atoms with E-state index in [0.29, 0.717) is 0 Å². The smallest absolute Gasteiger partial charge is 0.0974 e. The number of hydrogen-bond donors (Lipinski definition) is 0. The molecule has 0 aromatic rings. The second kappa shape index (κ2) is 7.83. The normalized spacial score (nSPS) is 15.0. The highest BCUT2D eigenvalue weighted by molar-refractivity contribution is 5.41. The zero-order chi connectivity index (χ0) is 13.4. The van der Waals surface area contributed by atoms with E-state index in [4.69, 9.17) is 0 Å². The number of hydrogen-bond acceptors (Lipinski definition) is 0. The second-order valence-electron chi connectivity index (χ2n) is 4.46. The Labute approximate surface area is 105 Å². The van der Waals surface area contributed by atoms with Crippen molar-refractivity contribution < 1.29 is 4.39 Å². The molecule has 0 unspecified atom stereocenters. The summed E-state index contributed by atoms with van der Waals surface area (Å²) in [6, 6.07) is 0. The molecule has 1 heteroatoms. The van der Waals surface area contributed by atoms with Gasteiger partial charge < -0.3 is 0 Å². The first-order valence-electron chi connectivity index (χ1n) is 5.87. The first kappa shape index (κ1) is 15.6. The minimum absolute atomic E-state index is 0.171. The number of halogens is 1. The van der Waals surface area contributed by atoms with Gasteiger partial charge in [0.25, 0.3) is 0 Å². The fraction of sp³-hybridized carbons (Fsp3) is 0.375. The third-order valence-corrected chi connectivity index (χ3v) is 2.23. The molecule has 0 heterocycles. The van der Waals surface area contributed by atoms with Gasteiger partial charge in [0.2, 0.25) is 0 Å². The summed E-state index contributed by atoms with van der Waals surface area (Å²) in [7, 11) is 0. The van der Waals surface area contributed by atoms with Gasteiger partial charge in [-0.25, -0.2) is 4.39 Å². The summed E-state index contributed by atoms with van der Waals surface area (Å²) in [4.78, 5) is 0. The summed E-state index contributed by atoms with van der Waals surface area (Å²) in [6.07, 6.45) is 9.65. The molecular formula is C16H23F. The fourth-order valence-corrected chi connectivity index (χ4v) is 1.50. The molecule has 0 aliphatic carbocycles. The van der Waals surface area contributed by atoms with Crippen LogP contribution in [-0.2, 0) is 0 Å². The zero-order valence-corrected chi connectivity index (χ0v) is 11.8. The first-order chi connectivity index (χ1) is 7.86. The van der Waals surface area contributed by atoms with Crippen LogP contribution < -0.4 is 0 Å². The Kier molecular flexibility index (Phi) is 7.20. The maximum Gasteiger partial charge on any atom is 0.0974 e. The van der Waals surface area contributed by atoms with E-state index < -0.39 is 0 Å². The zero-order valence-electron chi connectivity index (χ0n) is 11.8. The molecule has 0 bridgehead atoms. The Morgan fingerprint density at radius 3 is 1.88 bits per heavy atom. The Bertz CT molecular complexity index is 393. The van der Waals surface area contributed by atoms with E-state index in [-0.39, 0.29) is 5.83 Å². The van der Waals surface area contributed by atoms with E-state index in [1.807, 2.05) is 32.1 Å². The van der Waals surface area contributed by atoms with Gasteiger partial charge >= 0.3 is 0 Å². The van der Waals surface area contributed by atoms with Crippen LogP contribution in [0.1, 0.15) is 41.5 Å². The van der Waals surface area contributed by atoms with Crippen molar-refractivity contribution >= 4 is 0 Å². The summed E-state index contributed by atoms with van der Waals surface area (Å²) >= 11 is 0. The van der Waals surface area contributed by atoms with Crippen molar-refractivity contribution in [2.45, 2.75) is 41.5 Å². The van der Waals surface area contributed by atoms with E-state index >= 15 is 0 Å². The molecule has 0 atom stereocenters. The van der Waals surface area contributed by atoms with Gasteiger partial charge in [-0.3, -0.25) is 0 Å². The highest BCUT2D eigenvalue weighted by atomic mass is 19.1. The van der Waals surface area contributed by atoms with Gasteiger partial charge in [0, 0.05) is 0 Å². The van der Waals surface area contributed by atoms with E-state index in [9.17, 15) is 4.39 Å². The third-order valence-electron chi connectivity index (χ3n) is 2.23. The van der Waals surface area contributed by atoms with Crippen LogP contribution in [0.5, 0.6) is 0 Å². The molecule has 0 nitrogen and oxygen atoms in total. The molecule has 0 aromatic carbocycles. The van der Waals surface area contributed by atoms with Crippen molar-refractivity contribution in [1.82, 2.24) is 0 Å². The van der Waals surface area contributed by atoms with Crippen LogP contribution in [0.15, 0.2) is 58.5 Å². The van der Waals surface area contributed by atoms with Crippen LogP contribution in [0.3, 0.4) is 0 Å². The monoisotopic (exact) mass is 234 g/mol. The predicted octanol–water partition coefficient (Wildman–Crippen LogP) is 5.66. The highest BCUT2D eigenvalue weighted by Gasteiger charge is 1.95. The molecule has 0 rings (SSSR count). The Morgan fingerprint density at radius 1 is 0.882 bits per heavy atom. The van der Waals surface area contributed by atoms with Crippen LogP contribution in [0, 0.1) is 0 Å². The molecule has 0 saturated carbocycles. The number of allylic oxidation sites excluding steroid dienone is 10. The molecule has 0 aliphatic rings. The van der Waals surface area contributed by atoms with Crippen LogP contribution in [-0.4, -0.2) is 0 Å². The highest BCUT2D eigenvalue weighted by Crippen LogP contribution is 2.14. The van der Waals surface area contributed by atoms with E-state index in [2.05, 4.69) is 26.8 Å². The van der Waals surface area contributed by atoms with Crippen molar-refractivity contribution in [2.75, 3.05) is 0 Å². The van der Waals surface area contributed by atoms with Crippen molar-refractivity contribution in [2.24, 2.45) is 0 Å². The maximum atomic E-state index is 12.8. The molecule has 0 radical (unpaired) electrons. The molecule has 0 aromatic heterocycles. The van der Waals surface area contributed by atoms with Crippen LogP contribution in [0.2, 0.25) is 0 Å². The van der Waals surface area contributed by atoms with Gasteiger partial charge in [0.1, 0.15) is 0 Å². The fourth-order valence-electron chi connectivity index (χ4n) is 1.50. The number of rotatable bonds is 4. The van der Waals surface area contributed by atoms with Gasteiger partial charge in [-0.05, 0) is 58.8 Å².